The van der Waals surface area contributed by atoms with Crippen molar-refractivity contribution in [2.75, 3.05) is 23.4 Å². The molecule has 0 spiro atoms. The Morgan fingerprint density at radius 1 is 1.00 bits per heavy atom. The van der Waals surface area contributed by atoms with E-state index in [0.29, 0.717) is 21.4 Å². The zero-order valence-electron chi connectivity index (χ0n) is 16.9. The Bertz CT molecular complexity index is 1050. The van der Waals surface area contributed by atoms with Gasteiger partial charge in [-0.1, -0.05) is 35.3 Å². The number of ether oxygens (including phenoxy) is 2. The standard InChI is InChI=1S/C22H20Cl2N2O5/c1-3-30-21(28)17-18(25-15-9-5-7-13(23)11-15)20(27)26(19(17)22(29)31-4-2)16-10-6-8-14(24)12-16/h5-12,19,25H,3-4H2,1-2H3. The first-order valence-electron chi connectivity index (χ1n) is 9.57. The Kier molecular flexibility index (Phi) is 7.20. The van der Waals surface area contributed by atoms with E-state index >= 15 is 0 Å². The number of hydrogen-bond acceptors (Lipinski definition) is 6. The first kappa shape index (κ1) is 22.7. The van der Waals surface area contributed by atoms with Crippen molar-refractivity contribution in [1.82, 2.24) is 0 Å². The van der Waals surface area contributed by atoms with Gasteiger partial charge in [-0.15, -0.1) is 0 Å². The van der Waals surface area contributed by atoms with Gasteiger partial charge in [0.25, 0.3) is 5.91 Å². The summed E-state index contributed by atoms with van der Waals surface area (Å²) in [5, 5.41) is 3.72. The summed E-state index contributed by atoms with van der Waals surface area (Å²) < 4.78 is 10.3. The van der Waals surface area contributed by atoms with Crippen molar-refractivity contribution >= 4 is 52.4 Å². The third-order valence-corrected chi connectivity index (χ3v) is 4.89. The van der Waals surface area contributed by atoms with Crippen LogP contribution in [0.15, 0.2) is 59.8 Å². The number of nitrogens with one attached hydrogen (secondary N) is 1. The summed E-state index contributed by atoms with van der Waals surface area (Å²) >= 11 is 12.1. The van der Waals surface area contributed by atoms with E-state index in [1.165, 1.54) is 11.0 Å². The lowest BCUT2D eigenvalue weighted by Crippen LogP contribution is -2.43. The predicted octanol–water partition coefficient (Wildman–Crippen LogP) is 4.20. The third-order valence-electron chi connectivity index (χ3n) is 4.42. The second kappa shape index (κ2) is 9.85. The van der Waals surface area contributed by atoms with E-state index in [0.717, 1.165) is 0 Å². The van der Waals surface area contributed by atoms with E-state index in [2.05, 4.69) is 5.32 Å². The lowest BCUT2D eigenvalue weighted by Gasteiger charge is -2.25. The molecule has 1 N–H and O–H groups in total. The second-order valence-corrected chi connectivity index (χ2v) is 7.33. The van der Waals surface area contributed by atoms with E-state index in [-0.39, 0.29) is 24.5 Å². The van der Waals surface area contributed by atoms with Crippen molar-refractivity contribution in [2.24, 2.45) is 0 Å². The number of benzene rings is 2. The average Bonchev–Trinajstić information content (AvgIpc) is 3.01. The van der Waals surface area contributed by atoms with Gasteiger partial charge in [-0.25, -0.2) is 9.59 Å². The largest absolute Gasteiger partial charge is 0.464 e. The van der Waals surface area contributed by atoms with E-state index in [4.69, 9.17) is 32.7 Å². The van der Waals surface area contributed by atoms with Gasteiger partial charge in [0.15, 0.2) is 6.04 Å². The number of nitrogens with zero attached hydrogens (tertiary/aromatic N) is 1. The fraction of sp³-hybridized carbons (Fsp3) is 0.227. The first-order valence-corrected chi connectivity index (χ1v) is 10.3. The number of carbonyl (C=O) groups is 3. The minimum Gasteiger partial charge on any atom is -0.464 e. The fourth-order valence-corrected chi connectivity index (χ4v) is 3.58. The molecule has 0 aromatic heterocycles. The van der Waals surface area contributed by atoms with Crippen LogP contribution in [0.25, 0.3) is 0 Å². The second-order valence-electron chi connectivity index (χ2n) is 6.45. The van der Waals surface area contributed by atoms with Crippen molar-refractivity contribution in [3.05, 3.63) is 69.8 Å². The maximum absolute atomic E-state index is 13.5. The van der Waals surface area contributed by atoms with Crippen molar-refractivity contribution < 1.29 is 23.9 Å². The summed E-state index contributed by atoms with van der Waals surface area (Å²) in [4.78, 5) is 40.4. The molecule has 1 unspecified atom stereocenters. The summed E-state index contributed by atoms with van der Waals surface area (Å²) in [7, 11) is 0. The molecular weight excluding hydrogens is 443 g/mol. The molecule has 0 saturated carbocycles. The molecule has 3 rings (SSSR count). The fourth-order valence-electron chi connectivity index (χ4n) is 3.21. The quantitative estimate of drug-likeness (QED) is 0.620. The molecule has 0 aliphatic carbocycles. The number of esters is 2. The molecule has 1 aliphatic heterocycles. The molecule has 1 atom stereocenters. The van der Waals surface area contributed by atoms with Crippen LogP contribution in [0, 0.1) is 0 Å². The first-order chi connectivity index (χ1) is 14.9. The number of hydrogen-bond donors (Lipinski definition) is 1. The monoisotopic (exact) mass is 462 g/mol. The van der Waals surface area contributed by atoms with Gasteiger partial charge < -0.3 is 14.8 Å². The number of halogens is 2. The highest BCUT2D eigenvalue weighted by Gasteiger charge is 2.49. The maximum atomic E-state index is 13.5. The summed E-state index contributed by atoms with van der Waals surface area (Å²) in [6.45, 7) is 3.40. The van der Waals surface area contributed by atoms with Crippen LogP contribution in [0.2, 0.25) is 10.0 Å². The van der Waals surface area contributed by atoms with E-state index < -0.39 is 23.9 Å². The molecule has 2 aromatic rings. The molecular formula is C22H20Cl2N2O5. The Balaban J connectivity index is 2.16. The third kappa shape index (κ3) is 4.84. The molecule has 0 radical (unpaired) electrons. The molecule has 31 heavy (non-hydrogen) atoms. The van der Waals surface area contributed by atoms with E-state index in [1.807, 2.05) is 0 Å². The van der Waals surface area contributed by atoms with Crippen LogP contribution >= 0.6 is 23.2 Å². The van der Waals surface area contributed by atoms with Gasteiger partial charge >= 0.3 is 11.9 Å². The van der Waals surface area contributed by atoms with Gasteiger partial charge in [0.1, 0.15) is 11.3 Å². The van der Waals surface area contributed by atoms with Crippen molar-refractivity contribution in [2.45, 2.75) is 19.9 Å². The SMILES string of the molecule is CCOC(=O)C1=C(Nc2cccc(Cl)c2)C(=O)N(c2cccc(Cl)c2)C1C(=O)OCC. The van der Waals surface area contributed by atoms with E-state index in [9.17, 15) is 14.4 Å². The van der Waals surface area contributed by atoms with Crippen LogP contribution in [0.3, 0.4) is 0 Å². The minimum atomic E-state index is -1.34. The summed E-state index contributed by atoms with van der Waals surface area (Å²) in [5.41, 5.74) is 0.553. The van der Waals surface area contributed by atoms with Gasteiger partial charge in [0.05, 0.1) is 13.2 Å². The molecule has 0 saturated heterocycles. The molecule has 1 aliphatic rings. The molecule has 0 bridgehead atoms. The lowest BCUT2D eigenvalue weighted by molar-refractivity contribution is -0.147. The smallest absolute Gasteiger partial charge is 0.339 e. The van der Waals surface area contributed by atoms with Crippen LogP contribution in [0.5, 0.6) is 0 Å². The lowest BCUT2D eigenvalue weighted by atomic mass is 10.1. The molecule has 1 heterocycles. The molecule has 162 valence electrons. The van der Waals surface area contributed by atoms with Crippen molar-refractivity contribution in [3.63, 3.8) is 0 Å². The molecule has 7 nitrogen and oxygen atoms in total. The van der Waals surface area contributed by atoms with Crippen LogP contribution in [0.4, 0.5) is 11.4 Å². The van der Waals surface area contributed by atoms with Crippen LogP contribution in [-0.2, 0) is 23.9 Å². The topological polar surface area (TPSA) is 84.9 Å². The number of anilines is 2. The molecule has 0 fully saturated rings. The van der Waals surface area contributed by atoms with Crippen molar-refractivity contribution in [1.29, 1.82) is 0 Å². The van der Waals surface area contributed by atoms with Gasteiger partial charge in [-0.3, -0.25) is 9.69 Å². The number of rotatable bonds is 7. The number of amides is 1. The Hall–Kier alpha value is -3.03. The highest BCUT2D eigenvalue weighted by atomic mass is 35.5. The van der Waals surface area contributed by atoms with Crippen LogP contribution in [0.1, 0.15) is 13.8 Å². The average molecular weight is 463 g/mol. The van der Waals surface area contributed by atoms with E-state index in [1.54, 1.807) is 56.3 Å². The predicted molar refractivity (Wildman–Crippen MR) is 118 cm³/mol. The molecule has 1 amide bonds. The van der Waals surface area contributed by atoms with Gasteiger partial charge in [0, 0.05) is 21.4 Å². The van der Waals surface area contributed by atoms with Gasteiger partial charge in [-0.05, 0) is 50.2 Å². The Morgan fingerprint density at radius 3 is 2.26 bits per heavy atom. The van der Waals surface area contributed by atoms with Gasteiger partial charge in [-0.2, -0.15) is 0 Å². The maximum Gasteiger partial charge on any atom is 0.339 e. The molecule has 2 aromatic carbocycles. The van der Waals surface area contributed by atoms with Crippen LogP contribution < -0.4 is 10.2 Å². The Labute approximate surface area is 189 Å². The summed E-state index contributed by atoms with van der Waals surface area (Å²) in [6, 6.07) is 11.7. The zero-order valence-corrected chi connectivity index (χ0v) is 18.4. The molecule has 9 heteroatoms. The zero-order chi connectivity index (χ0) is 22.5. The van der Waals surface area contributed by atoms with Crippen LogP contribution in [-0.4, -0.2) is 37.1 Å². The van der Waals surface area contributed by atoms with Gasteiger partial charge in [0.2, 0.25) is 0 Å². The van der Waals surface area contributed by atoms with Crippen molar-refractivity contribution in [3.8, 4) is 0 Å². The normalized spacial score (nSPS) is 15.8. The minimum absolute atomic E-state index is 0.0632. The summed E-state index contributed by atoms with van der Waals surface area (Å²) in [5.74, 6) is -2.17. The Morgan fingerprint density at radius 2 is 1.65 bits per heavy atom. The summed E-state index contributed by atoms with van der Waals surface area (Å²) in [6.07, 6.45) is 0. The highest BCUT2D eigenvalue weighted by molar-refractivity contribution is 6.31. The number of carbonyl (C=O) groups excluding carboxylic acids is 3. The highest BCUT2D eigenvalue weighted by Crippen LogP contribution is 2.35.